The van der Waals surface area contributed by atoms with E-state index in [0.29, 0.717) is 20.9 Å². The number of anilines is 1. The zero-order chi connectivity index (χ0) is 24.4. The smallest absolute Gasteiger partial charge is 0.236 e. The second-order valence-corrected chi connectivity index (χ2v) is 11.8. The number of amides is 1. The van der Waals surface area contributed by atoms with E-state index in [1.165, 1.54) is 51.9 Å². The Balaban J connectivity index is 1.26. The molecule has 0 spiro atoms. The summed E-state index contributed by atoms with van der Waals surface area (Å²) in [4.78, 5) is 18.7. The van der Waals surface area contributed by atoms with Crippen LogP contribution in [0.15, 0.2) is 34.1 Å². The minimum Gasteiger partial charge on any atom is -0.302 e. The zero-order valence-electron chi connectivity index (χ0n) is 19.0. The van der Waals surface area contributed by atoms with E-state index in [1.807, 2.05) is 22.8 Å². The molecule has 0 fully saturated rings. The number of nitrogens with zero attached hydrogens (tertiary/aromatic N) is 4. The quantitative estimate of drug-likeness (QED) is 0.225. The van der Waals surface area contributed by atoms with Crippen LogP contribution in [0.4, 0.5) is 5.13 Å². The average molecular weight is 565 g/mol. The molecule has 0 aliphatic heterocycles. The maximum absolute atomic E-state index is 12.7. The van der Waals surface area contributed by atoms with Crippen molar-refractivity contribution in [2.24, 2.45) is 0 Å². The van der Waals surface area contributed by atoms with Crippen molar-refractivity contribution < 1.29 is 4.79 Å². The van der Waals surface area contributed by atoms with Gasteiger partial charge in [0.1, 0.15) is 0 Å². The Hall–Kier alpha value is -1.91. The van der Waals surface area contributed by atoms with Crippen LogP contribution in [0.2, 0.25) is 10.0 Å². The van der Waals surface area contributed by atoms with Crippen molar-refractivity contribution in [3.63, 3.8) is 0 Å². The van der Waals surface area contributed by atoms with Crippen LogP contribution >= 0.6 is 57.6 Å². The molecule has 5 rings (SSSR count). The second kappa shape index (κ2) is 11.0. The molecule has 1 N–H and O–H groups in total. The molecule has 1 amide bonds. The highest BCUT2D eigenvalue weighted by atomic mass is 35.5. The number of aromatic nitrogens is 4. The fourth-order valence-electron chi connectivity index (χ4n) is 4.14. The number of thioether (sulfide) groups is 1. The number of thiophene rings is 1. The van der Waals surface area contributed by atoms with Crippen molar-refractivity contribution in [3.05, 3.63) is 49.4 Å². The van der Waals surface area contributed by atoms with E-state index in [1.54, 1.807) is 12.1 Å². The summed E-state index contributed by atoms with van der Waals surface area (Å²) in [7, 11) is 0. The minimum atomic E-state index is -0.140. The van der Waals surface area contributed by atoms with Crippen LogP contribution in [0.1, 0.15) is 36.6 Å². The van der Waals surface area contributed by atoms with E-state index in [4.69, 9.17) is 23.2 Å². The maximum atomic E-state index is 12.7. The summed E-state index contributed by atoms with van der Waals surface area (Å²) in [6.45, 7) is 2.95. The maximum Gasteiger partial charge on any atom is 0.236 e. The van der Waals surface area contributed by atoms with Gasteiger partial charge in [-0.15, -0.1) is 32.9 Å². The molecule has 1 aliphatic carbocycles. The van der Waals surface area contributed by atoms with Gasteiger partial charge < -0.3 is 9.88 Å². The van der Waals surface area contributed by atoms with Crippen molar-refractivity contribution >= 4 is 68.7 Å². The Morgan fingerprint density at radius 2 is 2.00 bits per heavy atom. The number of rotatable bonds is 8. The monoisotopic (exact) mass is 563 g/mol. The fraction of sp³-hybridized carbons (Fsp3) is 0.333. The third-order valence-electron chi connectivity index (χ3n) is 5.76. The first-order valence-corrected chi connectivity index (χ1v) is 14.9. The van der Waals surface area contributed by atoms with Crippen LogP contribution < -0.4 is 5.32 Å². The third-order valence-corrected chi connectivity index (χ3v) is 9.12. The van der Waals surface area contributed by atoms with Gasteiger partial charge in [0.05, 0.1) is 16.5 Å². The van der Waals surface area contributed by atoms with E-state index in [9.17, 15) is 4.79 Å². The normalized spacial score (nSPS) is 13.1. The van der Waals surface area contributed by atoms with Crippen LogP contribution in [-0.4, -0.2) is 31.4 Å². The number of thiazole rings is 1. The largest absolute Gasteiger partial charge is 0.302 e. The SMILES string of the molecule is CCCn1c(SCC(=O)Nc2nc(-c3ccc(Cl)cc3Cl)cs2)nnc1-c1csc2c1CCCC2. The van der Waals surface area contributed by atoms with Gasteiger partial charge in [-0.2, -0.15) is 0 Å². The summed E-state index contributed by atoms with van der Waals surface area (Å²) in [5.74, 6) is 0.998. The molecule has 35 heavy (non-hydrogen) atoms. The second-order valence-electron chi connectivity index (χ2n) is 8.21. The molecule has 4 aromatic rings. The first kappa shape index (κ1) is 24.8. The van der Waals surface area contributed by atoms with Crippen LogP contribution in [0.25, 0.3) is 22.6 Å². The molecular formula is C24H23Cl2N5OS3. The number of carbonyl (C=O) groups excluding carboxylic acids is 1. The number of carbonyl (C=O) groups is 1. The highest BCUT2D eigenvalue weighted by molar-refractivity contribution is 7.99. The van der Waals surface area contributed by atoms with Crippen molar-refractivity contribution in [3.8, 4) is 22.6 Å². The van der Waals surface area contributed by atoms with Gasteiger partial charge in [0.25, 0.3) is 0 Å². The minimum absolute atomic E-state index is 0.140. The summed E-state index contributed by atoms with van der Waals surface area (Å²) in [5.41, 5.74) is 4.11. The third kappa shape index (κ3) is 5.44. The fourth-order valence-corrected chi connectivity index (χ4v) is 7.26. The summed E-state index contributed by atoms with van der Waals surface area (Å²) in [5, 5.41) is 18.3. The molecule has 0 saturated carbocycles. The summed E-state index contributed by atoms with van der Waals surface area (Å²) < 4.78 is 2.15. The molecule has 0 radical (unpaired) electrons. The van der Waals surface area contributed by atoms with Gasteiger partial charge in [0.2, 0.25) is 5.91 Å². The van der Waals surface area contributed by atoms with Gasteiger partial charge in [-0.1, -0.05) is 41.9 Å². The number of halogens is 2. The molecule has 0 unspecified atom stereocenters. The number of hydrogen-bond acceptors (Lipinski definition) is 7. The lowest BCUT2D eigenvalue weighted by Crippen LogP contribution is -2.14. The standard InChI is InChI=1S/C24H23Cl2N5OS3/c1-2-9-31-22(17-11-33-20-6-4-3-5-15(17)20)29-30-24(31)35-13-21(32)28-23-27-19(12-34-23)16-8-7-14(25)10-18(16)26/h7-8,10-12H,2-6,9,13H2,1H3,(H,27,28,32). The number of hydrogen-bond donors (Lipinski definition) is 1. The van der Waals surface area contributed by atoms with Crippen LogP contribution in [0.5, 0.6) is 0 Å². The first-order chi connectivity index (χ1) is 17.0. The molecule has 1 aromatic carbocycles. The number of nitrogens with one attached hydrogen (secondary N) is 1. The molecule has 1 aliphatic rings. The zero-order valence-corrected chi connectivity index (χ0v) is 23.0. The van der Waals surface area contributed by atoms with Crippen molar-refractivity contribution in [2.75, 3.05) is 11.1 Å². The lowest BCUT2D eigenvalue weighted by molar-refractivity contribution is -0.113. The van der Waals surface area contributed by atoms with Gasteiger partial charge in [-0.25, -0.2) is 4.98 Å². The van der Waals surface area contributed by atoms with Gasteiger partial charge in [0, 0.05) is 38.3 Å². The predicted octanol–water partition coefficient (Wildman–Crippen LogP) is 7.46. The first-order valence-electron chi connectivity index (χ1n) is 11.4. The lowest BCUT2D eigenvalue weighted by Gasteiger charge is -2.13. The Morgan fingerprint density at radius 3 is 2.83 bits per heavy atom. The Morgan fingerprint density at radius 1 is 1.14 bits per heavy atom. The van der Waals surface area contributed by atoms with Crippen LogP contribution in [0, 0.1) is 0 Å². The Kier molecular flexibility index (Phi) is 7.79. The van der Waals surface area contributed by atoms with E-state index < -0.39 is 0 Å². The molecule has 3 aromatic heterocycles. The highest BCUT2D eigenvalue weighted by Crippen LogP contribution is 2.37. The molecule has 0 bridgehead atoms. The molecular weight excluding hydrogens is 541 g/mol. The summed E-state index contributed by atoms with van der Waals surface area (Å²) >= 11 is 16.9. The van der Waals surface area contributed by atoms with Crippen LogP contribution in [0.3, 0.4) is 0 Å². The van der Waals surface area contributed by atoms with E-state index in [0.717, 1.165) is 42.4 Å². The van der Waals surface area contributed by atoms with E-state index in [-0.39, 0.29) is 11.7 Å². The lowest BCUT2D eigenvalue weighted by atomic mass is 9.95. The molecule has 182 valence electrons. The Bertz CT molecular complexity index is 1360. The number of benzene rings is 1. The molecule has 11 heteroatoms. The highest BCUT2D eigenvalue weighted by Gasteiger charge is 2.22. The predicted molar refractivity (Wildman–Crippen MR) is 147 cm³/mol. The molecule has 0 saturated heterocycles. The van der Waals surface area contributed by atoms with Gasteiger partial charge >= 0.3 is 0 Å². The molecule has 0 atom stereocenters. The van der Waals surface area contributed by atoms with Gasteiger partial charge in [-0.05, 0) is 55.9 Å². The molecule has 3 heterocycles. The topological polar surface area (TPSA) is 72.7 Å². The van der Waals surface area contributed by atoms with E-state index >= 15 is 0 Å². The number of aryl methyl sites for hydroxylation is 1. The summed E-state index contributed by atoms with van der Waals surface area (Å²) in [6.07, 6.45) is 5.72. The molecule has 6 nitrogen and oxygen atoms in total. The van der Waals surface area contributed by atoms with Crippen molar-refractivity contribution in [2.45, 2.75) is 50.7 Å². The Labute approximate surface area is 226 Å². The van der Waals surface area contributed by atoms with Gasteiger partial charge in [-0.3, -0.25) is 4.79 Å². The van der Waals surface area contributed by atoms with Crippen molar-refractivity contribution in [1.82, 2.24) is 19.7 Å². The number of fused-ring (bicyclic) bond motifs is 1. The van der Waals surface area contributed by atoms with Gasteiger partial charge in [0.15, 0.2) is 16.1 Å². The van der Waals surface area contributed by atoms with E-state index in [2.05, 4.69) is 37.4 Å². The van der Waals surface area contributed by atoms with Crippen LogP contribution in [-0.2, 0) is 24.2 Å². The van der Waals surface area contributed by atoms with Crippen molar-refractivity contribution in [1.29, 1.82) is 0 Å². The average Bonchev–Trinajstić information content (AvgIpc) is 3.57. The summed E-state index contributed by atoms with van der Waals surface area (Å²) in [6, 6.07) is 5.27.